The Bertz CT molecular complexity index is 1520. The maximum absolute atomic E-state index is 13.1. The maximum Gasteiger partial charge on any atom is 0.329 e. The summed E-state index contributed by atoms with van der Waals surface area (Å²) in [6.07, 6.45) is 1.31. The number of pyridine rings is 1. The van der Waals surface area contributed by atoms with Crippen LogP contribution in [0.2, 0.25) is 5.02 Å². The molecule has 0 spiro atoms. The van der Waals surface area contributed by atoms with Crippen LogP contribution in [0.1, 0.15) is 23.1 Å². The van der Waals surface area contributed by atoms with Gasteiger partial charge in [0.25, 0.3) is 17.0 Å². The van der Waals surface area contributed by atoms with Crippen LogP contribution in [0.25, 0.3) is 21.9 Å². The van der Waals surface area contributed by atoms with Crippen molar-refractivity contribution >= 4 is 39.4 Å². The minimum atomic E-state index is -0.624. The first-order valence-corrected chi connectivity index (χ1v) is 9.73. The third-order valence-corrected chi connectivity index (χ3v) is 5.16. The van der Waals surface area contributed by atoms with Gasteiger partial charge in [-0.2, -0.15) is 0 Å². The number of hydrogen-bond donors (Lipinski definition) is 2. The molecular weight excluding hydrogens is 424 g/mol. The van der Waals surface area contributed by atoms with E-state index in [1.165, 1.54) is 28.8 Å². The molecule has 3 heterocycles. The Morgan fingerprint density at radius 3 is 2.61 bits per heavy atom. The molecule has 1 aromatic carbocycles. The highest BCUT2D eigenvalue weighted by Crippen LogP contribution is 2.16. The average Bonchev–Trinajstić information content (AvgIpc) is 2.74. The molecule has 0 aliphatic heterocycles. The van der Waals surface area contributed by atoms with Crippen molar-refractivity contribution in [2.24, 2.45) is 7.05 Å². The van der Waals surface area contributed by atoms with E-state index in [-0.39, 0.29) is 28.7 Å². The van der Waals surface area contributed by atoms with Gasteiger partial charge in [0.2, 0.25) is 0 Å². The summed E-state index contributed by atoms with van der Waals surface area (Å²) in [7, 11) is 1.47. The molecule has 0 saturated heterocycles. The zero-order valence-corrected chi connectivity index (χ0v) is 17.4. The number of aromatic nitrogens is 5. The van der Waals surface area contributed by atoms with Crippen LogP contribution in [0.3, 0.4) is 0 Å². The lowest BCUT2D eigenvalue weighted by molar-refractivity contribution is 0.0748. The van der Waals surface area contributed by atoms with Crippen molar-refractivity contribution in [2.45, 2.75) is 13.5 Å². The zero-order valence-electron chi connectivity index (χ0n) is 16.6. The molecule has 3 aromatic heterocycles. The molecule has 10 nitrogen and oxygen atoms in total. The number of carbonyl (C=O) groups excluding carboxylic acids is 1. The predicted molar refractivity (Wildman–Crippen MR) is 115 cm³/mol. The van der Waals surface area contributed by atoms with E-state index in [0.29, 0.717) is 28.3 Å². The molecule has 158 valence electrons. The first-order valence-electron chi connectivity index (χ1n) is 9.35. The number of rotatable bonds is 4. The van der Waals surface area contributed by atoms with Crippen molar-refractivity contribution in [3.05, 3.63) is 78.1 Å². The van der Waals surface area contributed by atoms with E-state index in [1.54, 1.807) is 25.1 Å². The van der Waals surface area contributed by atoms with Crippen LogP contribution in [0, 0.1) is 0 Å². The van der Waals surface area contributed by atoms with Gasteiger partial charge < -0.3 is 9.88 Å². The minimum absolute atomic E-state index is 0.0364. The number of aromatic amines is 2. The topological polar surface area (TPSA) is 134 Å². The SMILES string of the molecule is CCN(Cc1nc2cc(Cl)ccc2c(=O)[nH]1)C(=O)c1cnc2c(c1)c(=O)[nH]c(=O)n2C. The molecule has 4 rings (SSSR count). The van der Waals surface area contributed by atoms with Crippen molar-refractivity contribution in [3.8, 4) is 0 Å². The molecule has 2 N–H and O–H groups in total. The normalized spacial score (nSPS) is 11.2. The second-order valence-electron chi connectivity index (χ2n) is 6.91. The fraction of sp³-hybridized carbons (Fsp3) is 0.200. The Morgan fingerprint density at radius 1 is 1.13 bits per heavy atom. The Labute approximate surface area is 179 Å². The van der Waals surface area contributed by atoms with E-state index < -0.39 is 17.2 Å². The number of hydrogen-bond acceptors (Lipinski definition) is 6. The van der Waals surface area contributed by atoms with Crippen LogP contribution < -0.4 is 16.8 Å². The molecule has 0 aliphatic carbocycles. The van der Waals surface area contributed by atoms with E-state index in [2.05, 4.69) is 19.9 Å². The van der Waals surface area contributed by atoms with Crippen LogP contribution in [-0.4, -0.2) is 41.9 Å². The van der Waals surface area contributed by atoms with Crippen molar-refractivity contribution in [1.82, 2.24) is 29.4 Å². The van der Waals surface area contributed by atoms with Gasteiger partial charge in [0.05, 0.1) is 28.4 Å². The van der Waals surface area contributed by atoms with Crippen molar-refractivity contribution in [1.29, 1.82) is 0 Å². The number of benzene rings is 1. The Morgan fingerprint density at radius 2 is 1.87 bits per heavy atom. The summed E-state index contributed by atoms with van der Waals surface area (Å²) in [6.45, 7) is 2.13. The summed E-state index contributed by atoms with van der Waals surface area (Å²) in [5, 5.41) is 0.962. The van der Waals surface area contributed by atoms with Gasteiger partial charge in [-0.05, 0) is 31.2 Å². The van der Waals surface area contributed by atoms with Gasteiger partial charge in [-0.3, -0.25) is 23.9 Å². The third kappa shape index (κ3) is 3.73. The maximum atomic E-state index is 13.1. The smallest absolute Gasteiger partial charge is 0.329 e. The van der Waals surface area contributed by atoms with E-state index >= 15 is 0 Å². The molecule has 0 saturated carbocycles. The number of nitrogens with one attached hydrogen (secondary N) is 2. The van der Waals surface area contributed by atoms with E-state index in [9.17, 15) is 19.2 Å². The van der Waals surface area contributed by atoms with E-state index in [4.69, 9.17) is 11.6 Å². The first kappa shape index (κ1) is 20.5. The molecule has 0 aliphatic rings. The summed E-state index contributed by atoms with van der Waals surface area (Å²) in [4.78, 5) is 64.1. The van der Waals surface area contributed by atoms with Crippen molar-refractivity contribution in [3.63, 3.8) is 0 Å². The summed E-state index contributed by atoms with van der Waals surface area (Å²) in [5.41, 5.74) is -0.781. The summed E-state index contributed by atoms with van der Waals surface area (Å²) < 4.78 is 1.19. The number of H-pyrrole nitrogens is 2. The first-order chi connectivity index (χ1) is 14.8. The average molecular weight is 441 g/mol. The largest absolute Gasteiger partial charge is 0.331 e. The van der Waals surface area contributed by atoms with Gasteiger partial charge >= 0.3 is 5.69 Å². The molecule has 0 unspecified atom stereocenters. The molecule has 4 aromatic rings. The van der Waals surface area contributed by atoms with Crippen molar-refractivity contribution in [2.75, 3.05) is 6.54 Å². The predicted octanol–water partition coefficient (Wildman–Crippen LogP) is 1.17. The summed E-state index contributed by atoms with van der Waals surface area (Å²) in [6, 6.07) is 6.16. The van der Waals surface area contributed by atoms with Gasteiger partial charge in [0.1, 0.15) is 11.5 Å². The number of halogens is 1. The van der Waals surface area contributed by atoms with Crippen LogP contribution in [-0.2, 0) is 13.6 Å². The Hall–Kier alpha value is -3.79. The third-order valence-electron chi connectivity index (χ3n) is 4.93. The lowest BCUT2D eigenvalue weighted by Crippen LogP contribution is -2.33. The van der Waals surface area contributed by atoms with E-state index in [0.717, 1.165) is 0 Å². The molecule has 0 bridgehead atoms. The number of amides is 1. The Kier molecular flexibility index (Phi) is 5.15. The zero-order chi connectivity index (χ0) is 22.3. The number of fused-ring (bicyclic) bond motifs is 2. The van der Waals surface area contributed by atoms with E-state index in [1.807, 2.05) is 0 Å². The second-order valence-corrected chi connectivity index (χ2v) is 7.34. The number of aryl methyl sites for hydroxylation is 1. The number of carbonyl (C=O) groups is 1. The molecule has 0 fully saturated rings. The van der Waals surface area contributed by atoms with Crippen LogP contribution in [0.5, 0.6) is 0 Å². The monoisotopic (exact) mass is 440 g/mol. The highest BCUT2D eigenvalue weighted by atomic mass is 35.5. The van der Waals surface area contributed by atoms with Crippen LogP contribution >= 0.6 is 11.6 Å². The standard InChI is InChI=1S/C20H17ClN6O4/c1-3-27(9-15-23-14-7-11(21)4-5-12(14)17(28)24-15)19(30)10-6-13-16(22-8-10)26(2)20(31)25-18(13)29/h4-8H,3,9H2,1-2H3,(H,23,24,28)(H,25,29,31). The molecule has 0 atom stereocenters. The summed E-state index contributed by atoms with van der Waals surface area (Å²) >= 11 is 6.00. The van der Waals surface area contributed by atoms with Gasteiger partial charge in [-0.15, -0.1) is 0 Å². The highest BCUT2D eigenvalue weighted by Gasteiger charge is 2.18. The van der Waals surface area contributed by atoms with Gasteiger partial charge in [0.15, 0.2) is 0 Å². The molecular formula is C20H17ClN6O4. The number of nitrogens with zero attached hydrogens (tertiary/aromatic N) is 4. The molecule has 31 heavy (non-hydrogen) atoms. The highest BCUT2D eigenvalue weighted by molar-refractivity contribution is 6.31. The minimum Gasteiger partial charge on any atom is -0.331 e. The fourth-order valence-electron chi connectivity index (χ4n) is 3.28. The molecule has 1 amide bonds. The van der Waals surface area contributed by atoms with Gasteiger partial charge in [-0.1, -0.05) is 11.6 Å². The summed E-state index contributed by atoms with van der Waals surface area (Å²) in [5.74, 6) is -0.108. The van der Waals surface area contributed by atoms with Crippen LogP contribution in [0.15, 0.2) is 44.8 Å². The second kappa shape index (κ2) is 7.80. The quantitative estimate of drug-likeness (QED) is 0.489. The lowest BCUT2D eigenvalue weighted by atomic mass is 10.2. The molecule has 11 heteroatoms. The molecule has 0 radical (unpaired) electrons. The Balaban J connectivity index is 1.71. The van der Waals surface area contributed by atoms with Crippen LogP contribution in [0.4, 0.5) is 0 Å². The van der Waals surface area contributed by atoms with Gasteiger partial charge in [0, 0.05) is 24.8 Å². The van der Waals surface area contributed by atoms with Gasteiger partial charge in [-0.25, -0.2) is 14.8 Å². The fourth-order valence-corrected chi connectivity index (χ4v) is 3.45. The van der Waals surface area contributed by atoms with Crippen molar-refractivity contribution < 1.29 is 4.79 Å². The lowest BCUT2D eigenvalue weighted by Gasteiger charge is -2.20.